The number of carbonyl (C=O) groups excluding carboxylic acids is 1. The quantitative estimate of drug-likeness (QED) is 0.712. The van der Waals surface area contributed by atoms with Gasteiger partial charge < -0.3 is 9.47 Å². The van der Waals surface area contributed by atoms with E-state index in [0.29, 0.717) is 19.0 Å². The van der Waals surface area contributed by atoms with Crippen molar-refractivity contribution in [2.24, 2.45) is 5.92 Å². The number of hydrogen-bond donors (Lipinski definition) is 0. The molecule has 2 aliphatic rings. The van der Waals surface area contributed by atoms with Crippen molar-refractivity contribution in [3.63, 3.8) is 0 Å². The summed E-state index contributed by atoms with van der Waals surface area (Å²) in [6, 6.07) is 0. The number of hydrogen-bond acceptors (Lipinski definition) is 3. The summed E-state index contributed by atoms with van der Waals surface area (Å²) in [5, 5.41) is 0. The first-order chi connectivity index (χ1) is 8.28. The van der Waals surface area contributed by atoms with Crippen LogP contribution in [0.2, 0.25) is 0 Å². The molecule has 0 aromatic carbocycles. The lowest BCUT2D eigenvalue weighted by Gasteiger charge is -2.36. The van der Waals surface area contributed by atoms with Gasteiger partial charge in [0.15, 0.2) is 5.78 Å². The fourth-order valence-electron chi connectivity index (χ4n) is 3.17. The van der Waals surface area contributed by atoms with Gasteiger partial charge in [0.05, 0.1) is 0 Å². The van der Waals surface area contributed by atoms with Crippen LogP contribution in [0, 0.1) is 5.92 Å². The van der Waals surface area contributed by atoms with Crippen LogP contribution in [-0.4, -0.2) is 31.7 Å². The Balaban J connectivity index is 2.04. The van der Waals surface area contributed by atoms with Crippen molar-refractivity contribution in [1.82, 2.24) is 0 Å². The lowest BCUT2D eigenvalue weighted by Crippen LogP contribution is -2.48. The van der Waals surface area contributed by atoms with Gasteiger partial charge in [-0.25, -0.2) is 0 Å². The van der Waals surface area contributed by atoms with E-state index >= 15 is 0 Å². The largest absolute Gasteiger partial charge is 0.381 e. The molecule has 2 fully saturated rings. The third-order valence-corrected chi connectivity index (χ3v) is 4.37. The molecule has 0 bridgehead atoms. The minimum absolute atomic E-state index is 0.232. The Kier molecular flexibility index (Phi) is 4.57. The molecule has 0 spiro atoms. The molecule has 1 aliphatic carbocycles. The zero-order chi connectivity index (χ0) is 12.1. The topological polar surface area (TPSA) is 35.5 Å². The second kappa shape index (κ2) is 5.96. The summed E-state index contributed by atoms with van der Waals surface area (Å²) < 4.78 is 11.0. The standard InChI is InChI=1S/C14H24O3/c1-16-14(8-10-17-11-9-14)13(15)12-6-4-2-3-5-7-12/h12H,2-11H2,1H3. The van der Waals surface area contributed by atoms with Crippen LogP contribution in [0.15, 0.2) is 0 Å². The molecular formula is C14H24O3. The van der Waals surface area contributed by atoms with E-state index in [4.69, 9.17) is 9.47 Å². The smallest absolute Gasteiger partial charge is 0.167 e. The molecule has 0 radical (unpaired) electrons. The Morgan fingerprint density at radius 3 is 2.24 bits per heavy atom. The fourth-order valence-corrected chi connectivity index (χ4v) is 3.17. The highest BCUT2D eigenvalue weighted by Gasteiger charge is 2.43. The van der Waals surface area contributed by atoms with Crippen LogP contribution >= 0.6 is 0 Å². The number of rotatable bonds is 3. The predicted octanol–water partition coefficient (Wildman–Crippen LogP) is 2.72. The maximum atomic E-state index is 12.7. The summed E-state index contributed by atoms with van der Waals surface area (Å²) in [7, 11) is 1.68. The van der Waals surface area contributed by atoms with Gasteiger partial charge in [0.1, 0.15) is 5.60 Å². The summed E-state index contributed by atoms with van der Waals surface area (Å²) >= 11 is 0. The summed E-state index contributed by atoms with van der Waals surface area (Å²) in [4.78, 5) is 12.7. The van der Waals surface area contributed by atoms with Gasteiger partial charge in [0.2, 0.25) is 0 Å². The molecule has 0 atom stereocenters. The van der Waals surface area contributed by atoms with Gasteiger partial charge in [-0.15, -0.1) is 0 Å². The Morgan fingerprint density at radius 2 is 1.71 bits per heavy atom. The highest BCUT2D eigenvalue weighted by molar-refractivity contribution is 5.89. The molecule has 2 rings (SSSR count). The number of carbonyl (C=O) groups is 1. The van der Waals surface area contributed by atoms with E-state index < -0.39 is 5.60 Å². The van der Waals surface area contributed by atoms with Crippen LogP contribution in [-0.2, 0) is 14.3 Å². The number of ketones is 1. The summed E-state index contributed by atoms with van der Waals surface area (Å²) in [5.41, 5.74) is -0.534. The monoisotopic (exact) mass is 240 g/mol. The fraction of sp³-hybridized carbons (Fsp3) is 0.929. The van der Waals surface area contributed by atoms with E-state index in [-0.39, 0.29) is 5.92 Å². The van der Waals surface area contributed by atoms with Gasteiger partial charge in [-0.05, 0) is 12.8 Å². The highest BCUT2D eigenvalue weighted by Crippen LogP contribution is 2.33. The Bertz CT molecular complexity index is 248. The molecule has 17 heavy (non-hydrogen) atoms. The zero-order valence-electron chi connectivity index (χ0n) is 10.9. The van der Waals surface area contributed by atoms with Gasteiger partial charge >= 0.3 is 0 Å². The first kappa shape index (κ1) is 13.0. The summed E-state index contributed by atoms with van der Waals surface area (Å²) in [5.74, 6) is 0.584. The van der Waals surface area contributed by atoms with E-state index in [0.717, 1.165) is 25.7 Å². The number of ether oxygens (including phenoxy) is 2. The molecule has 98 valence electrons. The first-order valence-corrected chi connectivity index (χ1v) is 6.96. The highest BCUT2D eigenvalue weighted by atomic mass is 16.5. The second-order valence-corrected chi connectivity index (χ2v) is 5.36. The molecule has 1 saturated carbocycles. The minimum atomic E-state index is -0.534. The van der Waals surface area contributed by atoms with Gasteiger partial charge in [-0.3, -0.25) is 4.79 Å². The Hall–Kier alpha value is -0.410. The molecule has 0 N–H and O–H groups in total. The molecular weight excluding hydrogens is 216 g/mol. The molecule has 0 aromatic rings. The third-order valence-electron chi connectivity index (χ3n) is 4.37. The van der Waals surface area contributed by atoms with Crippen molar-refractivity contribution >= 4 is 5.78 Å². The third kappa shape index (κ3) is 2.89. The van der Waals surface area contributed by atoms with Gasteiger partial charge in [-0.2, -0.15) is 0 Å². The molecule has 1 saturated heterocycles. The van der Waals surface area contributed by atoms with E-state index in [2.05, 4.69) is 0 Å². The van der Waals surface area contributed by atoms with E-state index in [1.165, 1.54) is 25.7 Å². The lowest BCUT2D eigenvalue weighted by molar-refractivity contribution is -0.157. The average molecular weight is 240 g/mol. The summed E-state index contributed by atoms with van der Waals surface area (Å²) in [6.45, 7) is 1.32. The van der Waals surface area contributed by atoms with E-state index in [9.17, 15) is 4.79 Å². The van der Waals surface area contributed by atoms with Gasteiger partial charge in [-0.1, -0.05) is 25.7 Å². The van der Waals surface area contributed by atoms with Crippen molar-refractivity contribution in [2.45, 2.75) is 57.0 Å². The SMILES string of the molecule is COC1(C(=O)C2CCCCCC2)CCOCC1. The zero-order valence-corrected chi connectivity index (χ0v) is 10.9. The Labute approximate surface area is 104 Å². The Morgan fingerprint density at radius 1 is 1.12 bits per heavy atom. The molecule has 1 heterocycles. The van der Waals surface area contributed by atoms with Crippen molar-refractivity contribution in [2.75, 3.05) is 20.3 Å². The molecule has 0 unspecified atom stereocenters. The van der Waals surface area contributed by atoms with Gasteiger partial charge in [0.25, 0.3) is 0 Å². The average Bonchev–Trinajstić information content (AvgIpc) is 2.67. The van der Waals surface area contributed by atoms with E-state index in [1.807, 2.05) is 0 Å². The maximum absolute atomic E-state index is 12.7. The normalized spacial score (nSPS) is 26.4. The lowest BCUT2D eigenvalue weighted by atomic mass is 9.80. The van der Waals surface area contributed by atoms with Crippen molar-refractivity contribution in [3.05, 3.63) is 0 Å². The summed E-state index contributed by atoms with van der Waals surface area (Å²) in [6.07, 6.45) is 8.56. The van der Waals surface area contributed by atoms with Crippen LogP contribution < -0.4 is 0 Å². The van der Waals surface area contributed by atoms with Crippen LogP contribution in [0.3, 0.4) is 0 Å². The molecule has 0 amide bonds. The predicted molar refractivity (Wildman–Crippen MR) is 66.0 cm³/mol. The first-order valence-electron chi connectivity index (χ1n) is 6.96. The molecule has 1 aliphatic heterocycles. The maximum Gasteiger partial charge on any atom is 0.167 e. The van der Waals surface area contributed by atoms with Crippen molar-refractivity contribution in [3.8, 4) is 0 Å². The minimum Gasteiger partial charge on any atom is -0.381 e. The van der Waals surface area contributed by atoms with Crippen molar-refractivity contribution in [1.29, 1.82) is 0 Å². The van der Waals surface area contributed by atoms with Crippen LogP contribution in [0.5, 0.6) is 0 Å². The van der Waals surface area contributed by atoms with Crippen molar-refractivity contribution < 1.29 is 14.3 Å². The number of methoxy groups -OCH3 is 1. The van der Waals surface area contributed by atoms with Crippen LogP contribution in [0.4, 0.5) is 0 Å². The molecule has 3 nitrogen and oxygen atoms in total. The van der Waals surface area contributed by atoms with Gasteiger partial charge in [0, 0.05) is 39.1 Å². The second-order valence-electron chi connectivity index (χ2n) is 5.36. The van der Waals surface area contributed by atoms with E-state index in [1.54, 1.807) is 7.11 Å². The molecule has 3 heteroatoms. The number of Topliss-reactive ketones (excluding diaryl/α,β-unsaturated/α-hetero) is 1. The van der Waals surface area contributed by atoms with Crippen LogP contribution in [0.25, 0.3) is 0 Å². The van der Waals surface area contributed by atoms with Crippen LogP contribution in [0.1, 0.15) is 51.4 Å². The molecule has 0 aromatic heterocycles.